The van der Waals surface area contributed by atoms with E-state index in [0.717, 1.165) is 35.8 Å². The van der Waals surface area contributed by atoms with Crippen LogP contribution in [0.2, 0.25) is 0 Å². The van der Waals surface area contributed by atoms with Crippen molar-refractivity contribution in [2.75, 3.05) is 13.2 Å². The molecule has 1 aromatic carbocycles. The number of carbonyl (C=O) groups excluding carboxylic acids is 1. The Morgan fingerprint density at radius 2 is 2.20 bits per heavy atom. The zero-order valence-electron chi connectivity index (χ0n) is 14.2. The van der Waals surface area contributed by atoms with E-state index in [2.05, 4.69) is 17.1 Å². The normalized spacial score (nSPS) is 17.3. The van der Waals surface area contributed by atoms with Gasteiger partial charge < -0.3 is 9.64 Å². The molecule has 1 saturated heterocycles. The van der Waals surface area contributed by atoms with Crippen LogP contribution in [0.25, 0.3) is 4.96 Å². The number of fused-ring (bicyclic) bond motifs is 1. The number of likely N-dealkylation sites (tertiary alicyclic amines) is 1. The summed E-state index contributed by atoms with van der Waals surface area (Å²) in [5, 5.41) is 2.00. The standard InChI is InChI=1S/C19H21N3O2S/c1-2-24-16-7-5-14(6-8-16)17-4-3-9-22(17)18(23)12-15-13-21-10-11-25-19(21)20-15/h5-8,10-11,13,17H,2-4,9,12H2,1H3. The number of thiazole rings is 1. The Balaban J connectivity index is 1.48. The minimum Gasteiger partial charge on any atom is -0.494 e. The maximum Gasteiger partial charge on any atom is 0.229 e. The number of rotatable bonds is 5. The van der Waals surface area contributed by atoms with Crippen LogP contribution in [0.1, 0.15) is 37.1 Å². The summed E-state index contributed by atoms with van der Waals surface area (Å²) >= 11 is 1.59. The Bertz CT molecular complexity index is 840. The highest BCUT2D eigenvalue weighted by Gasteiger charge is 2.30. The highest BCUT2D eigenvalue weighted by atomic mass is 32.1. The molecular weight excluding hydrogens is 334 g/mol. The zero-order chi connectivity index (χ0) is 17.2. The Morgan fingerprint density at radius 1 is 1.36 bits per heavy atom. The first-order valence-electron chi connectivity index (χ1n) is 8.68. The molecule has 1 unspecified atom stereocenters. The van der Waals surface area contributed by atoms with Crippen molar-refractivity contribution < 1.29 is 9.53 Å². The van der Waals surface area contributed by atoms with Crippen molar-refractivity contribution in [3.8, 4) is 5.75 Å². The molecule has 0 spiro atoms. The molecule has 5 nitrogen and oxygen atoms in total. The summed E-state index contributed by atoms with van der Waals surface area (Å²) in [7, 11) is 0. The van der Waals surface area contributed by atoms with Gasteiger partial charge in [0.2, 0.25) is 5.91 Å². The van der Waals surface area contributed by atoms with Crippen LogP contribution in [-0.2, 0) is 11.2 Å². The number of benzene rings is 1. The summed E-state index contributed by atoms with van der Waals surface area (Å²) in [5.74, 6) is 1.03. The van der Waals surface area contributed by atoms with Crippen LogP contribution in [0.3, 0.4) is 0 Å². The maximum atomic E-state index is 12.8. The smallest absolute Gasteiger partial charge is 0.229 e. The second-order valence-electron chi connectivity index (χ2n) is 6.25. The number of hydrogen-bond donors (Lipinski definition) is 0. The maximum absolute atomic E-state index is 12.8. The second-order valence-corrected chi connectivity index (χ2v) is 7.12. The Morgan fingerprint density at radius 3 is 2.96 bits per heavy atom. The van der Waals surface area contributed by atoms with E-state index in [1.807, 2.05) is 46.1 Å². The van der Waals surface area contributed by atoms with Crippen LogP contribution in [-0.4, -0.2) is 33.3 Å². The van der Waals surface area contributed by atoms with Gasteiger partial charge in [0.1, 0.15) is 5.75 Å². The fourth-order valence-corrected chi connectivity index (χ4v) is 4.20. The minimum absolute atomic E-state index is 0.155. The molecule has 4 rings (SSSR count). The van der Waals surface area contributed by atoms with E-state index >= 15 is 0 Å². The van der Waals surface area contributed by atoms with Crippen LogP contribution < -0.4 is 4.74 Å². The SMILES string of the molecule is CCOc1ccc(C2CCCN2C(=O)Cc2cn3ccsc3n2)cc1. The van der Waals surface area contributed by atoms with Crippen LogP contribution >= 0.6 is 11.3 Å². The molecule has 3 heterocycles. The quantitative estimate of drug-likeness (QED) is 0.701. The van der Waals surface area contributed by atoms with Gasteiger partial charge in [-0.25, -0.2) is 4.98 Å². The van der Waals surface area contributed by atoms with Crippen LogP contribution in [0, 0.1) is 0 Å². The summed E-state index contributed by atoms with van der Waals surface area (Å²) in [6, 6.07) is 8.29. The van der Waals surface area contributed by atoms with Crippen molar-refractivity contribution in [2.45, 2.75) is 32.2 Å². The lowest BCUT2D eigenvalue weighted by Crippen LogP contribution is -2.31. The average Bonchev–Trinajstić information content (AvgIpc) is 3.31. The minimum atomic E-state index is 0.155. The summed E-state index contributed by atoms with van der Waals surface area (Å²) in [5.41, 5.74) is 2.02. The van der Waals surface area contributed by atoms with Gasteiger partial charge in [-0.05, 0) is 37.5 Å². The molecule has 1 atom stereocenters. The van der Waals surface area contributed by atoms with E-state index < -0.39 is 0 Å². The molecule has 0 bridgehead atoms. The lowest BCUT2D eigenvalue weighted by molar-refractivity contribution is -0.131. The molecule has 0 N–H and O–H groups in total. The van der Waals surface area contributed by atoms with Gasteiger partial charge in [0.25, 0.3) is 0 Å². The molecule has 1 amide bonds. The van der Waals surface area contributed by atoms with E-state index in [4.69, 9.17) is 4.74 Å². The highest BCUT2D eigenvalue weighted by Crippen LogP contribution is 2.33. The molecule has 130 valence electrons. The largest absolute Gasteiger partial charge is 0.494 e. The van der Waals surface area contributed by atoms with Crippen molar-refractivity contribution >= 4 is 22.2 Å². The molecule has 1 fully saturated rings. The van der Waals surface area contributed by atoms with E-state index in [-0.39, 0.29) is 11.9 Å². The molecule has 3 aromatic rings. The third kappa shape index (κ3) is 3.26. The van der Waals surface area contributed by atoms with Gasteiger partial charge in [0, 0.05) is 24.3 Å². The van der Waals surface area contributed by atoms with Crippen molar-refractivity contribution in [1.29, 1.82) is 0 Å². The Labute approximate surface area is 150 Å². The summed E-state index contributed by atoms with van der Waals surface area (Å²) in [6.07, 6.45) is 6.34. The third-order valence-electron chi connectivity index (χ3n) is 4.62. The fraction of sp³-hybridized carbons (Fsp3) is 0.368. The number of ether oxygens (including phenoxy) is 1. The van der Waals surface area contributed by atoms with Crippen LogP contribution in [0.4, 0.5) is 0 Å². The zero-order valence-corrected chi connectivity index (χ0v) is 15.0. The fourth-order valence-electron chi connectivity index (χ4n) is 3.48. The van der Waals surface area contributed by atoms with Gasteiger partial charge in [-0.15, -0.1) is 11.3 Å². The summed E-state index contributed by atoms with van der Waals surface area (Å²) in [4.78, 5) is 20.3. The molecule has 25 heavy (non-hydrogen) atoms. The highest BCUT2D eigenvalue weighted by molar-refractivity contribution is 7.15. The lowest BCUT2D eigenvalue weighted by atomic mass is 10.0. The summed E-state index contributed by atoms with van der Waals surface area (Å²) < 4.78 is 7.48. The predicted octanol–water partition coefficient (Wildman–Crippen LogP) is 3.70. The molecule has 1 aliphatic rings. The first kappa shape index (κ1) is 16.1. The first-order valence-corrected chi connectivity index (χ1v) is 9.56. The average molecular weight is 355 g/mol. The molecule has 0 aliphatic carbocycles. The van der Waals surface area contributed by atoms with Crippen LogP contribution in [0.15, 0.2) is 42.0 Å². The lowest BCUT2D eigenvalue weighted by Gasteiger charge is -2.25. The van der Waals surface area contributed by atoms with Crippen molar-refractivity contribution in [3.05, 3.63) is 53.3 Å². The van der Waals surface area contributed by atoms with Gasteiger partial charge in [-0.2, -0.15) is 0 Å². The van der Waals surface area contributed by atoms with Crippen LogP contribution in [0.5, 0.6) is 5.75 Å². The molecule has 2 aromatic heterocycles. The van der Waals surface area contributed by atoms with E-state index in [1.54, 1.807) is 11.3 Å². The van der Waals surface area contributed by atoms with Gasteiger partial charge in [0.15, 0.2) is 4.96 Å². The third-order valence-corrected chi connectivity index (χ3v) is 5.40. The molecule has 6 heteroatoms. The molecule has 0 saturated carbocycles. The van der Waals surface area contributed by atoms with Gasteiger partial charge in [0.05, 0.1) is 24.8 Å². The number of amides is 1. The number of imidazole rings is 1. The monoisotopic (exact) mass is 355 g/mol. The Hall–Kier alpha value is -2.34. The van der Waals surface area contributed by atoms with Gasteiger partial charge in [-0.1, -0.05) is 12.1 Å². The van der Waals surface area contributed by atoms with Gasteiger partial charge in [-0.3, -0.25) is 9.20 Å². The van der Waals surface area contributed by atoms with E-state index in [0.29, 0.717) is 13.0 Å². The first-order chi connectivity index (χ1) is 12.2. The van der Waals surface area contributed by atoms with Crippen molar-refractivity contribution in [3.63, 3.8) is 0 Å². The molecule has 0 radical (unpaired) electrons. The Kier molecular flexibility index (Phi) is 4.44. The predicted molar refractivity (Wildman–Crippen MR) is 98.1 cm³/mol. The van der Waals surface area contributed by atoms with Crippen molar-refractivity contribution in [1.82, 2.24) is 14.3 Å². The number of hydrogen-bond acceptors (Lipinski definition) is 4. The number of aromatic nitrogens is 2. The van der Waals surface area contributed by atoms with Crippen molar-refractivity contribution in [2.24, 2.45) is 0 Å². The number of carbonyl (C=O) groups is 1. The molecule has 1 aliphatic heterocycles. The van der Waals surface area contributed by atoms with E-state index in [1.165, 1.54) is 5.56 Å². The second kappa shape index (κ2) is 6.88. The number of nitrogens with zero attached hydrogens (tertiary/aromatic N) is 3. The summed E-state index contributed by atoms with van der Waals surface area (Å²) in [6.45, 7) is 3.46. The topological polar surface area (TPSA) is 46.8 Å². The van der Waals surface area contributed by atoms with E-state index in [9.17, 15) is 4.79 Å². The molecular formula is C19H21N3O2S. The van der Waals surface area contributed by atoms with Gasteiger partial charge >= 0.3 is 0 Å².